The Balaban J connectivity index is 2.10. The van der Waals surface area contributed by atoms with E-state index in [1.807, 2.05) is 36.4 Å². The average Bonchev–Trinajstić information content (AvgIpc) is 2.76. The van der Waals surface area contributed by atoms with E-state index in [9.17, 15) is 18.0 Å². The standard InChI is InChI=1S/C23H20F3N3O2/c1-3-20(18-12-11-16-8-5-6-9-17(16)14-18)28-29(15-21(30)31-4-2)22-19(23(24,25)26)10-7-13-27-22/h3,5-14H,1,4,15H2,2H3/b28-20+. The molecule has 3 aromatic rings. The Morgan fingerprint density at radius 3 is 2.58 bits per heavy atom. The van der Waals surface area contributed by atoms with Crippen LogP contribution in [-0.4, -0.2) is 29.8 Å². The normalized spacial score (nSPS) is 11.9. The number of allylic oxidation sites excluding steroid dienone is 1. The van der Waals surface area contributed by atoms with Gasteiger partial charge in [0.1, 0.15) is 6.54 Å². The molecule has 0 radical (unpaired) electrons. The molecule has 160 valence electrons. The highest BCUT2D eigenvalue weighted by molar-refractivity contribution is 6.10. The number of aromatic nitrogens is 1. The summed E-state index contributed by atoms with van der Waals surface area (Å²) < 4.78 is 45.6. The summed E-state index contributed by atoms with van der Waals surface area (Å²) in [4.78, 5) is 15.9. The lowest BCUT2D eigenvalue weighted by atomic mass is 10.0. The topological polar surface area (TPSA) is 54.8 Å². The maximum Gasteiger partial charge on any atom is 0.420 e. The number of hydrazone groups is 1. The number of carbonyl (C=O) groups excluding carboxylic acids is 1. The fraction of sp³-hybridized carbons (Fsp3) is 0.174. The Morgan fingerprint density at radius 1 is 1.16 bits per heavy atom. The zero-order chi connectivity index (χ0) is 22.4. The van der Waals surface area contributed by atoms with E-state index >= 15 is 0 Å². The van der Waals surface area contributed by atoms with Gasteiger partial charge in [0.25, 0.3) is 0 Å². The summed E-state index contributed by atoms with van der Waals surface area (Å²) in [6, 6.07) is 15.2. The molecule has 0 amide bonds. The van der Waals surface area contributed by atoms with Crippen molar-refractivity contribution in [2.45, 2.75) is 13.1 Å². The first-order valence-electron chi connectivity index (χ1n) is 9.49. The maximum atomic E-state index is 13.6. The van der Waals surface area contributed by atoms with Crippen molar-refractivity contribution in [2.75, 3.05) is 18.2 Å². The van der Waals surface area contributed by atoms with Crippen molar-refractivity contribution in [1.29, 1.82) is 0 Å². The number of ether oxygens (including phenoxy) is 1. The van der Waals surface area contributed by atoms with Gasteiger partial charge in [-0.2, -0.15) is 18.3 Å². The molecule has 31 heavy (non-hydrogen) atoms. The van der Waals surface area contributed by atoms with Crippen LogP contribution in [0.5, 0.6) is 0 Å². The van der Waals surface area contributed by atoms with Gasteiger partial charge in [-0.15, -0.1) is 0 Å². The van der Waals surface area contributed by atoms with Crippen molar-refractivity contribution in [3.8, 4) is 0 Å². The summed E-state index contributed by atoms with van der Waals surface area (Å²) in [6.45, 7) is 4.89. The van der Waals surface area contributed by atoms with Crippen LogP contribution in [0.2, 0.25) is 0 Å². The van der Waals surface area contributed by atoms with E-state index in [0.717, 1.165) is 21.8 Å². The average molecular weight is 427 g/mol. The predicted octanol–water partition coefficient (Wildman–Crippen LogP) is 5.21. The summed E-state index contributed by atoms with van der Waals surface area (Å²) in [5.74, 6) is -1.23. The number of alkyl halides is 3. The highest BCUT2D eigenvalue weighted by Gasteiger charge is 2.36. The lowest BCUT2D eigenvalue weighted by Gasteiger charge is -2.22. The molecule has 0 aliphatic carbocycles. The number of hydrogen-bond donors (Lipinski definition) is 0. The molecule has 0 saturated heterocycles. The molecule has 0 fully saturated rings. The van der Waals surface area contributed by atoms with E-state index in [1.54, 1.807) is 13.0 Å². The number of rotatable bonds is 7. The summed E-state index contributed by atoms with van der Waals surface area (Å²) in [5.41, 5.74) is -0.0918. The second-order valence-electron chi connectivity index (χ2n) is 6.49. The Kier molecular flexibility index (Phi) is 6.69. The number of halogens is 3. The number of benzene rings is 2. The van der Waals surface area contributed by atoms with Crippen molar-refractivity contribution >= 4 is 28.3 Å². The molecule has 8 heteroatoms. The SMILES string of the molecule is C=C/C(=N\N(CC(=O)OCC)c1ncccc1C(F)(F)F)c1ccc2ccccc2c1. The molecule has 1 heterocycles. The first kappa shape index (κ1) is 22.0. The second-order valence-corrected chi connectivity index (χ2v) is 6.49. The van der Waals surface area contributed by atoms with E-state index in [2.05, 4.69) is 16.7 Å². The number of anilines is 1. The lowest BCUT2D eigenvalue weighted by Crippen LogP contribution is -2.30. The molecule has 3 rings (SSSR count). The first-order valence-corrected chi connectivity index (χ1v) is 9.49. The number of nitrogens with zero attached hydrogens (tertiary/aromatic N) is 3. The van der Waals surface area contributed by atoms with Crippen LogP contribution < -0.4 is 5.01 Å². The monoisotopic (exact) mass is 427 g/mol. The van der Waals surface area contributed by atoms with Gasteiger partial charge in [-0.05, 0) is 42.0 Å². The van der Waals surface area contributed by atoms with Gasteiger partial charge in [0.15, 0.2) is 5.82 Å². The van der Waals surface area contributed by atoms with E-state index in [4.69, 9.17) is 4.74 Å². The third-order valence-corrected chi connectivity index (χ3v) is 4.39. The van der Waals surface area contributed by atoms with Crippen molar-refractivity contribution in [2.24, 2.45) is 5.10 Å². The zero-order valence-corrected chi connectivity index (χ0v) is 16.8. The van der Waals surface area contributed by atoms with Crippen LogP contribution >= 0.6 is 0 Å². The van der Waals surface area contributed by atoms with Crippen LogP contribution in [0.1, 0.15) is 18.1 Å². The summed E-state index contributed by atoms with van der Waals surface area (Å²) in [6.07, 6.45) is -2.05. The zero-order valence-electron chi connectivity index (χ0n) is 16.8. The molecular formula is C23H20F3N3O2. The van der Waals surface area contributed by atoms with Gasteiger partial charge in [0, 0.05) is 11.8 Å². The molecule has 0 aliphatic rings. The molecule has 0 saturated carbocycles. The fourth-order valence-corrected chi connectivity index (χ4v) is 3.01. The minimum Gasteiger partial charge on any atom is -0.465 e. The molecule has 0 unspecified atom stereocenters. The van der Waals surface area contributed by atoms with Crippen LogP contribution in [0.3, 0.4) is 0 Å². The molecule has 1 aromatic heterocycles. The van der Waals surface area contributed by atoms with Gasteiger partial charge in [0.05, 0.1) is 17.9 Å². The fourth-order valence-electron chi connectivity index (χ4n) is 3.01. The Labute approximate surface area is 177 Å². The van der Waals surface area contributed by atoms with Crippen molar-refractivity contribution in [3.05, 3.63) is 84.6 Å². The lowest BCUT2D eigenvalue weighted by molar-refractivity contribution is -0.142. The number of hydrogen-bond acceptors (Lipinski definition) is 5. The highest BCUT2D eigenvalue weighted by atomic mass is 19.4. The molecule has 0 aliphatic heterocycles. The molecule has 2 aromatic carbocycles. The van der Waals surface area contributed by atoms with E-state index in [0.29, 0.717) is 5.56 Å². The van der Waals surface area contributed by atoms with Gasteiger partial charge in [-0.1, -0.05) is 43.0 Å². The number of fused-ring (bicyclic) bond motifs is 1. The first-order chi connectivity index (χ1) is 14.8. The van der Waals surface area contributed by atoms with Gasteiger partial charge in [-0.25, -0.2) is 9.99 Å². The summed E-state index contributed by atoms with van der Waals surface area (Å²) in [7, 11) is 0. The summed E-state index contributed by atoms with van der Waals surface area (Å²) >= 11 is 0. The smallest absolute Gasteiger partial charge is 0.420 e. The predicted molar refractivity (Wildman–Crippen MR) is 114 cm³/mol. The molecule has 0 N–H and O–H groups in total. The van der Waals surface area contributed by atoms with Crippen molar-refractivity contribution in [3.63, 3.8) is 0 Å². The Bertz CT molecular complexity index is 1130. The Hall–Kier alpha value is -3.68. The van der Waals surface area contributed by atoms with E-state index < -0.39 is 30.1 Å². The quantitative estimate of drug-likeness (QED) is 0.295. The minimum atomic E-state index is -4.68. The molecule has 5 nitrogen and oxygen atoms in total. The van der Waals surface area contributed by atoms with Gasteiger partial charge in [-0.3, -0.25) is 4.79 Å². The van der Waals surface area contributed by atoms with Crippen LogP contribution in [0.15, 0.2) is 78.6 Å². The minimum absolute atomic E-state index is 0.0870. The third kappa shape index (κ3) is 5.28. The van der Waals surface area contributed by atoms with E-state index in [1.165, 1.54) is 18.3 Å². The third-order valence-electron chi connectivity index (χ3n) is 4.39. The highest BCUT2D eigenvalue weighted by Crippen LogP contribution is 2.35. The van der Waals surface area contributed by atoms with Crippen LogP contribution in [0.4, 0.5) is 19.0 Å². The van der Waals surface area contributed by atoms with Gasteiger partial charge in [0.2, 0.25) is 0 Å². The van der Waals surface area contributed by atoms with Gasteiger partial charge < -0.3 is 4.74 Å². The molecule has 0 spiro atoms. The van der Waals surface area contributed by atoms with Gasteiger partial charge >= 0.3 is 12.1 Å². The number of esters is 1. The Morgan fingerprint density at radius 2 is 1.90 bits per heavy atom. The largest absolute Gasteiger partial charge is 0.465 e. The van der Waals surface area contributed by atoms with Crippen LogP contribution in [0, 0.1) is 0 Å². The van der Waals surface area contributed by atoms with Crippen LogP contribution in [-0.2, 0) is 15.7 Å². The molecular weight excluding hydrogens is 407 g/mol. The second kappa shape index (κ2) is 9.42. The number of pyridine rings is 1. The number of carbonyl (C=O) groups is 1. The van der Waals surface area contributed by atoms with Crippen molar-refractivity contribution in [1.82, 2.24) is 4.98 Å². The molecule has 0 atom stereocenters. The summed E-state index contributed by atoms with van der Waals surface area (Å²) in [5, 5.41) is 7.14. The maximum absolute atomic E-state index is 13.6. The van der Waals surface area contributed by atoms with Crippen LogP contribution in [0.25, 0.3) is 10.8 Å². The van der Waals surface area contributed by atoms with E-state index in [-0.39, 0.29) is 12.3 Å². The molecule has 0 bridgehead atoms. The van der Waals surface area contributed by atoms with Crippen molar-refractivity contribution < 1.29 is 22.7 Å².